The number of nitrogens with zero attached hydrogens (tertiary/aromatic N) is 1. The first-order chi connectivity index (χ1) is 14.8. The molecule has 170 valence electrons. The number of fused-ring (bicyclic) bond motifs is 3. The molecule has 8 N–H and O–H groups in total. The number of hydrogen-bond donors (Lipinski definition) is 6. The molecule has 3 aliphatic carbocycles. The van der Waals surface area contributed by atoms with Crippen molar-refractivity contribution in [1.82, 2.24) is 4.90 Å². The molecular formula is C21H22IN3O7. The fourth-order valence-electron chi connectivity index (χ4n) is 5.31. The zero-order chi connectivity index (χ0) is 23.9. The molecule has 0 bridgehead atoms. The van der Waals surface area contributed by atoms with Crippen molar-refractivity contribution in [2.45, 2.75) is 24.5 Å². The maximum Gasteiger partial charge on any atom is 0.255 e. The van der Waals surface area contributed by atoms with E-state index in [1.54, 1.807) is 20.2 Å². The molecule has 2 unspecified atom stereocenters. The molecule has 3 aliphatic rings. The molecule has 1 amide bonds. The smallest absolute Gasteiger partial charge is 0.255 e. The van der Waals surface area contributed by atoms with Crippen molar-refractivity contribution >= 4 is 51.5 Å². The summed E-state index contributed by atoms with van der Waals surface area (Å²) in [5.74, 6) is -6.78. The van der Waals surface area contributed by atoms with Gasteiger partial charge in [0, 0.05) is 17.2 Å². The Labute approximate surface area is 196 Å². The number of phenols is 1. The van der Waals surface area contributed by atoms with Gasteiger partial charge in [-0.2, -0.15) is 0 Å². The minimum Gasteiger partial charge on any atom is -0.508 e. The van der Waals surface area contributed by atoms with Crippen LogP contribution in [-0.2, 0) is 20.8 Å². The zero-order valence-corrected chi connectivity index (χ0v) is 19.4. The van der Waals surface area contributed by atoms with E-state index < -0.39 is 58.0 Å². The highest BCUT2D eigenvalue weighted by Gasteiger charge is 2.64. The first-order valence-corrected chi connectivity index (χ1v) is 10.9. The summed E-state index contributed by atoms with van der Waals surface area (Å²) >= 11 is 1.84. The average Bonchev–Trinajstić information content (AvgIpc) is 2.68. The number of rotatable bonds is 2. The lowest BCUT2D eigenvalue weighted by molar-refractivity contribution is -0.153. The number of Topliss-reactive ketones (excluding diaryl/α,β-unsaturated/α-hetero) is 2. The Morgan fingerprint density at radius 3 is 2.44 bits per heavy atom. The summed E-state index contributed by atoms with van der Waals surface area (Å²) in [7, 11) is 3.09. The summed E-state index contributed by atoms with van der Waals surface area (Å²) in [6, 6.07) is 0.434. The number of aliphatic hydroxyl groups is 3. The van der Waals surface area contributed by atoms with Gasteiger partial charge < -0.3 is 31.9 Å². The van der Waals surface area contributed by atoms with Gasteiger partial charge in [0.15, 0.2) is 11.4 Å². The molecule has 0 heterocycles. The van der Waals surface area contributed by atoms with Crippen LogP contribution in [0.3, 0.4) is 0 Å². The Bertz CT molecular complexity index is 1170. The van der Waals surface area contributed by atoms with Gasteiger partial charge in [-0.05, 0) is 67.1 Å². The third-order valence-corrected chi connectivity index (χ3v) is 7.53. The molecular weight excluding hydrogens is 533 g/mol. The SMILES string of the molecule is CN(C)[C@@H]1C(=O)C(C(N)=O)=C(O)[C@@]2(O)C(=O)C3=C(O)c4c(O)c(I)cc(N)c4CC3CC12. The van der Waals surface area contributed by atoms with Crippen LogP contribution in [0.4, 0.5) is 5.69 Å². The topological polar surface area (TPSA) is 187 Å². The second-order valence-electron chi connectivity index (χ2n) is 8.61. The second-order valence-corrected chi connectivity index (χ2v) is 9.77. The fourth-order valence-corrected chi connectivity index (χ4v) is 5.91. The Morgan fingerprint density at radius 2 is 1.88 bits per heavy atom. The van der Waals surface area contributed by atoms with Crippen LogP contribution in [-0.4, -0.2) is 68.5 Å². The molecule has 0 aliphatic heterocycles. The van der Waals surface area contributed by atoms with Crippen LogP contribution >= 0.6 is 22.6 Å². The summed E-state index contributed by atoms with van der Waals surface area (Å²) in [6.07, 6.45) is 0.197. The van der Waals surface area contributed by atoms with E-state index in [4.69, 9.17) is 11.5 Å². The fraction of sp³-hybridized carbons (Fsp3) is 0.381. The van der Waals surface area contributed by atoms with Crippen molar-refractivity contribution in [2.24, 2.45) is 17.6 Å². The number of amides is 1. The Hall–Kier alpha value is -2.64. The van der Waals surface area contributed by atoms with E-state index in [1.165, 1.54) is 4.90 Å². The standard InChI is InChI=1S/C21H22IN3O7/c1-25(2)14-8-4-6-3-7-10(23)5-9(22)15(26)12(7)16(27)11(6)18(29)21(8,32)19(30)13(17(14)28)20(24)31/h5-6,8,14,26-27,30,32H,3-4,23H2,1-2H3,(H2,24,31)/t6?,8?,14-,21-/m0/s1. The molecule has 10 nitrogen and oxygen atoms in total. The first kappa shape index (κ1) is 22.6. The molecule has 1 saturated carbocycles. The molecule has 0 radical (unpaired) electrons. The molecule has 1 fully saturated rings. The Morgan fingerprint density at radius 1 is 1.25 bits per heavy atom. The predicted molar refractivity (Wildman–Crippen MR) is 121 cm³/mol. The third-order valence-electron chi connectivity index (χ3n) is 6.71. The number of anilines is 1. The van der Waals surface area contributed by atoms with Crippen molar-refractivity contribution in [3.63, 3.8) is 0 Å². The molecule has 0 aromatic heterocycles. The number of nitrogens with two attached hydrogens (primary N) is 2. The van der Waals surface area contributed by atoms with Gasteiger partial charge >= 0.3 is 0 Å². The van der Waals surface area contributed by atoms with Crippen LogP contribution in [0.25, 0.3) is 5.76 Å². The summed E-state index contributed by atoms with van der Waals surface area (Å²) in [5.41, 5.74) is 8.48. The lowest BCUT2D eigenvalue weighted by atomic mass is 9.57. The van der Waals surface area contributed by atoms with Crippen molar-refractivity contribution in [1.29, 1.82) is 0 Å². The Kier molecular flexibility index (Phi) is 5.06. The van der Waals surface area contributed by atoms with Crippen LogP contribution in [0.2, 0.25) is 0 Å². The summed E-state index contributed by atoms with van der Waals surface area (Å²) in [5, 5.41) is 43.8. The number of ketones is 2. The molecule has 1 aromatic carbocycles. The van der Waals surface area contributed by atoms with Crippen LogP contribution in [0.15, 0.2) is 23.0 Å². The quantitative estimate of drug-likeness (QED) is 0.128. The molecule has 0 spiro atoms. The number of carbonyl (C=O) groups excluding carboxylic acids is 3. The maximum absolute atomic E-state index is 13.6. The van der Waals surface area contributed by atoms with Gasteiger partial charge in [0.25, 0.3) is 5.91 Å². The van der Waals surface area contributed by atoms with Crippen molar-refractivity contribution < 1.29 is 34.8 Å². The molecule has 4 rings (SSSR count). The molecule has 11 heteroatoms. The number of nitrogen functional groups attached to an aromatic ring is 1. The minimum atomic E-state index is -2.65. The average molecular weight is 555 g/mol. The number of likely N-dealkylation sites (N-methyl/N-ethyl adjacent to an activating group) is 1. The van der Waals surface area contributed by atoms with E-state index in [0.717, 1.165) is 0 Å². The molecule has 0 saturated heterocycles. The van der Waals surface area contributed by atoms with Crippen molar-refractivity contribution in [2.75, 3.05) is 19.8 Å². The van der Waals surface area contributed by atoms with E-state index in [0.29, 0.717) is 14.8 Å². The highest BCUT2D eigenvalue weighted by molar-refractivity contribution is 14.1. The normalized spacial score (nSPS) is 29.7. The summed E-state index contributed by atoms with van der Waals surface area (Å²) in [6.45, 7) is 0. The van der Waals surface area contributed by atoms with Crippen LogP contribution in [0.1, 0.15) is 17.5 Å². The Balaban J connectivity index is 2.00. The van der Waals surface area contributed by atoms with Gasteiger partial charge in [0.2, 0.25) is 5.78 Å². The van der Waals surface area contributed by atoms with E-state index in [1.807, 2.05) is 22.6 Å². The first-order valence-electron chi connectivity index (χ1n) is 9.78. The van der Waals surface area contributed by atoms with Crippen LogP contribution in [0.5, 0.6) is 5.75 Å². The van der Waals surface area contributed by atoms with Gasteiger partial charge in [0.1, 0.15) is 22.8 Å². The van der Waals surface area contributed by atoms with Crippen LogP contribution < -0.4 is 11.5 Å². The number of phenolic OH excluding ortho intramolecular Hbond substituents is 1. The highest BCUT2D eigenvalue weighted by Crippen LogP contribution is 2.53. The molecule has 32 heavy (non-hydrogen) atoms. The number of benzene rings is 1. The summed E-state index contributed by atoms with van der Waals surface area (Å²) < 4.78 is 0.360. The van der Waals surface area contributed by atoms with Gasteiger partial charge in [-0.1, -0.05) is 0 Å². The molecule has 4 atom stereocenters. The van der Waals surface area contributed by atoms with E-state index in [2.05, 4.69) is 0 Å². The zero-order valence-electron chi connectivity index (χ0n) is 17.2. The number of carbonyl (C=O) groups is 3. The highest BCUT2D eigenvalue weighted by atomic mass is 127. The number of primary amides is 1. The largest absolute Gasteiger partial charge is 0.508 e. The van der Waals surface area contributed by atoms with Gasteiger partial charge in [0.05, 0.1) is 15.2 Å². The monoisotopic (exact) mass is 555 g/mol. The lowest BCUT2D eigenvalue weighted by Gasteiger charge is -2.50. The minimum absolute atomic E-state index is 0.00862. The van der Waals surface area contributed by atoms with Crippen molar-refractivity contribution in [3.05, 3.63) is 37.7 Å². The third kappa shape index (κ3) is 2.74. The predicted octanol–water partition coefficient (Wildman–Crippen LogP) is 0.151. The maximum atomic E-state index is 13.6. The van der Waals surface area contributed by atoms with Crippen molar-refractivity contribution in [3.8, 4) is 5.75 Å². The number of aromatic hydroxyl groups is 1. The lowest BCUT2D eigenvalue weighted by Crippen LogP contribution is -2.65. The number of hydrogen-bond acceptors (Lipinski definition) is 9. The van der Waals surface area contributed by atoms with Gasteiger partial charge in [-0.25, -0.2) is 0 Å². The molecule has 1 aromatic rings. The summed E-state index contributed by atoms with van der Waals surface area (Å²) in [4.78, 5) is 40.0. The van der Waals surface area contributed by atoms with Gasteiger partial charge in [-0.3, -0.25) is 19.3 Å². The second kappa shape index (κ2) is 7.18. The number of aliphatic hydroxyl groups excluding tert-OH is 2. The number of halogens is 1. The van der Waals surface area contributed by atoms with E-state index in [-0.39, 0.29) is 29.7 Å². The van der Waals surface area contributed by atoms with E-state index >= 15 is 0 Å². The van der Waals surface area contributed by atoms with Crippen LogP contribution in [0, 0.1) is 15.4 Å². The van der Waals surface area contributed by atoms with Gasteiger partial charge in [-0.15, -0.1) is 0 Å². The van der Waals surface area contributed by atoms with E-state index in [9.17, 15) is 34.8 Å².